The highest BCUT2D eigenvalue weighted by Gasteiger charge is 2.46. The summed E-state index contributed by atoms with van der Waals surface area (Å²) in [4.78, 5) is 13.8. The van der Waals surface area contributed by atoms with E-state index in [1.807, 2.05) is 25.7 Å². The number of amides is 1. The van der Waals surface area contributed by atoms with E-state index < -0.39 is 5.60 Å². The number of rotatable bonds is 0. The van der Waals surface area contributed by atoms with E-state index in [-0.39, 0.29) is 12.1 Å². The van der Waals surface area contributed by atoms with Crippen LogP contribution in [-0.4, -0.2) is 28.7 Å². The maximum atomic E-state index is 11.9. The second-order valence-corrected chi connectivity index (χ2v) is 5.50. The van der Waals surface area contributed by atoms with Gasteiger partial charge in [0.2, 0.25) is 0 Å². The predicted molar refractivity (Wildman–Crippen MR) is 58.6 cm³/mol. The van der Waals surface area contributed by atoms with Crippen LogP contribution in [0.4, 0.5) is 4.79 Å². The largest absolute Gasteiger partial charge is 0.444 e. The van der Waals surface area contributed by atoms with E-state index in [9.17, 15) is 4.79 Å². The summed E-state index contributed by atoms with van der Waals surface area (Å²) in [5, 5.41) is 0. The van der Waals surface area contributed by atoms with Crippen molar-refractivity contribution in [2.45, 2.75) is 57.7 Å². The van der Waals surface area contributed by atoms with E-state index in [0.717, 1.165) is 19.3 Å². The van der Waals surface area contributed by atoms with Crippen molar-refractivity contribution < 1.29 is 9.53 Å². The van der Waals surface area contributed by atoms with Crippen LogP contribution >= 0.6 is 0 Å². The molecule has 0 aromatic rings. The Balaban J connectivity index is 2.06. The van der Waals surface area contributed by atoms with Gasteiger partial charge < -0.3 is 4.74 Å². The van der Waals surface area contributed by atoms with Crippen molar-refractivity contribution >= 4 is 6.09 Å². The van der Waals surface area contributed by atoms with Crippen molar-refractivity contribution in [3.05, 3.63) is 12.2 Å². The fourth-order valence-electron chi connectivity index (χ4n) is 2.51. The van der Waals surface area contributed by atoms with Gasteiger partial charge in [0.25, 0.3) is 0 Å². The highest BCUT2D eigenvalue weighted by atomic mass is 16.6. The Hall–Kier alpha value is -0.990. The lowest BCUT2D eigenvalue weighted by atomic mass is 9.97. The van der Waals surface area contributed by atoms with Gasteiger partial charge >= 0.3 is 6.09 Å². The number of nitrogens with zero attached hydrogens (tertiary/aromatic N) is 1. The number of hydrogen-bond donors (Lipinski definition) is 0. The molecule has 0 aliphatic carbocycles. The molecule has 2 atom stereocenters. The van der Waals surface area contributed by atoms with Gasteiger partial charge in [0.05, 0.1) is 6.04 Å². The molecule has 2 bridgehead atoms. The molecule has 2 unspecified atom stereocenters. The number of hydrogen-bond acceptors (Lipinski definition) is 2. The Morgan fingerprint density at radius 2 is 2.13 bits per heavy atom. The van der Waals surface area contributed by atoms with Crippen molar-refractivity contribution in [2.24, 2.45) is 0 Å². The molecule has 0 aromatic heterocycles. The Labute approximate surface area is 91.1 Å². The van der Waals surface area contributed by atoms with Gasteiger partial charge in [-0.05, 0) is 40.0 Å². The van der Waals surface area contributed by atoms with Crippen molar-refractivity contribution in [3.63, 3.8) is 0 Å². The van der Waals surface area contributed by atoms with Crippen LogP contribution in [0.5, 0.6) is 0 Å². The Morgan fingerprint density at radius 3 is 2.53 bits per heavy atom. The van der Waals surface area contributed by atoms with Crippen LogP contribution in [0.15, 0.2) is 12.2 Å². The highest BCUT2D eigenvalue weighted by Crippen LogP contribution is 2.41. The molecule has 2 heterocycles. The average molecular weight is 209 g/mol. The first-order valence-electron chi connectivity index (χ1n) is 5.57. The molecule has 2 saturated heterocycles. The number of ether oxygens (including phenoxy) is 1. The minimum absolute atomic E-state index is 0.173. The van der Waals surface area contributed by atoms with Gasteiger partial charge in [-0.15, -0.1) is 0 Å². The normalized spacial score (nSPS) is 29.8. The number of carbonyl (C=O) groups excluding carboxylic acids is 1. The van der Waals surface area contributed by atoms with E-state index in [1.165, 1.54) is 5.57 Å². The van der Waals surface area contributed by atoms with Crippen LogP contribution in [0.3, 0.4) is 0 Å². The minimum atomic E-state index is -0.402. The zero-order valence-corrected chi connectivity index (χ0v) is 9.75. The van der Waals surface area contributed by atoms with Crippen molar-refractivity contribution in [1.29, 1.82) is 0 Å². The standard InChI is InChI=1S/C12H19NO2/c1-8-7-9-5-6-10(8)13(9)11(14)15-12(2,3)4/h9-10H,1,5-7H2,2-4H3. The lowest BCUT2D eigenvalue weighted by molar-refractivity contribution is 0.0224. The molecule has 2 fully saturated rings. The highest BCUT2D eigenvalue weighted by molar-refractivity contribution is 5.71. The van der Waals surface area contributed by atoms with Gasteiger partial charge in [0.15, 0.2) is 0 Å². The van der Waals surface area contributed by atoms with Gasteiger partial charge in [0.1, 0.15) is 5.60 Å². The molecule has 3 heteroatoms. The predicted octanol–water partition coefficient (Wildman–Crippen LogP) is 2.71. The Bertz CT molecular complexity index is 303. The van der Waals surface area contributed by atoms with Crippen LogP contribution in [0, 0.1) is 0 Å². The second-order valence-electron chi connectivity index (χ2n) is 5.50. The lowest BCUT2D eigenvalue weighted by Gasteiger charge is -2.27. The van der Waals surface area contributed by atoms with E-state index in [4.69, 9.17) is 4.74 Å². The zero-order valence-electron chi connectivity index (χ0n) is 9.75. The van der Waals surface area contributed by atoms with Crippen molar-refractivity contribution in [1.82, 2.24) is 4.90 Å². The van der Waals surface area contributed by atoms with Gasteiger partial charge in [-0.1, -0.05) is 12.2 Å². The molecule has 3 nitrogen and oxygen atoms in total. The molecule has 2 aliphatic rings. The number of carbonyl (C=O) groups is 1. The Kier molecular flexibility index (Phi) is 2.28. The van der Waals surface area contributed by atoms with E-state index >= 15 is 0 Å². The van der Waals surface area contributed by atoms with Crippen LogP contribution in [-0.2, 0) is 4.74 Å². The maximum Gasteiger partial charge on any atom is 0.411 e. The summed E-state index contributed by atoms with van der Waals surface area (Å²) in [7, 11) is 0. The van der Waals surface area contributed by atoms with Crippen molar-refractivity contribution in [3.8, 4) is 0 Å². The van der Waals surface area contributed by atoms with Crippen LogP contribution < -0.4 is 0 Å². The third kappa shape index (κ3) is 1.87. The molecule has 0 radical (unpaired) electrons. The summed E-state index contributed by atoms with van der Waals surface area (Å²) < 4.78 is 5.40. The molecule has 0 aromatic carbocycles. The third-order valence-corrected chi connectivity index (χ3v) is 3.08. The SMILES string of the molecule is C=C1CC2CCC1N2C(=O)OC(C)(C)C. The average Bonchev–Trinajstić information content (AvgIpc) is 2.55. The summed E-state index contributed by atoms with van der Waals surface area (Å²) in [5.74, 6) is 0. The maximum absolute atomic E-state index is 11.9. The number of fused-ring (bicyclic) bond motifs is 2. The topological polar surface area (TPSA) is 29.5 Å². The first-order valence-corrected chi connectivity index (χ1v) is 5.57. The van der Waals surface area contributed by atoms with Crippen LogP contribution in [0.2, 0.25) is 0 Å². The molecule has 84 valence electrons. The quantitative estimate of drug-likeness (QED) is 0.574. The molecule has 0 saturated carbocycles. The molecule has 2 aliphatic heterocycles. The molecular weight excluding hydrogens is 190 g/mol. The molecule has 0 N–H and O–H groups in total. The summed E-state index contributed by atoms with van der Waals surface area (Å²) >= 11 is 0. The minimum Gasteiger partial charge on any atom is -0.444 e. The monoisotopic (exact) mass is 209 g/mol. The first kappa shape index (κ1) is 10.5. The lowest BCUT2D eigenvalue weighted by Crippen LogP contribution is -2.39. The van der Waals surface area contributed by atoms with Gasteiger partial charge in [-0.2, -0.15) is 0 Å². The van der Waals surface area contributed by atoms with Gasteiger partial charge in [-0.3, -0.25) is 4.90 Å². The molecule has 2 rings (SSSR count). The smallest absolute Gasteiger partial charge is 0.411 e. The fourth-order valence-corrected chi connectivity index (χ4v) is 2.51. The van der Waals surface area contributed by atoms with Crippen LogP contribution in [0.1, 0.15) is 40.0 Å². The summed E-state index contributed by atoms with van der Waals surface area (Å²) in [6.45, 7) is 9.72. The fraction of sp³-hybridized carbons (Fsp3) is 0.750. The first-order chi connectivity index (χ1) is 6.88. The zero-order chi connectivity index (χ0) is 11.2. The van der Waals surface area contributed by atoms with Gasteiger partial charge in [0, 0.05) is 6.04 Å². The van der Waals surface area contributed by atoms with Gasteiger partial charge in [-0.25, -0.2) is 4.79 Å². The van der Waals surface area contributed by atoms with Crippen molar-refractivity contribution in [2.75, 3.05) is 0 Å². The van der Waals surface area contributed by atoms with E-state index in [1.54, 1.807) is 0 Å². The molecule has 0 spiro atoms. The Morgan fingerprint density at radius 1 is 1.47 bits per heavy atom. The molecule has 15 heavy (non-hydrogen) atoms. The van der Waals surface area contributed by atoms with Crippen LogP contribution in [0.25, 0.3) is 0 Å². The summed E-state index contributed by atoms with van der Waals surface area (Å²) in [6, 6.07) is 0.585. The molecule has 1 amide bonds. The summed E-state index contributed by atoms with van der Waals surface area (Å²) in [5.41, 5.74) is 0.789. The third-order valence-electron chi connectivity index (χ3n) is 3.08. The van der Waals surface area contributed by atoms with E-state index in [0.29, 0.717) is 6.04 Å². The summed E-state index contributed by atoms with van der Waals surface area (Å²) in [6.07, 6.45) is 2.95. The molecular formula is C12H19NO2. The second kappa shape index (κ2) is 3.26. The van der Waals surface area contributed by atoms with E-state index in [2.05, 4.69) is 6.58 Å².